The van der Waals surface area contributed by atoms with Gasteiger partial charge in [0.05, 0.1) is 30.4 Å². The smallest absolute Gasteiger partial charge is 0.175 e. The maximum Gasteiger partial charge on any atom is 0.175 e. The zero-order valence-corrected chi connectivity index (χ0v) is 14.0. The van der Waals surface area contributed by atoms with Crippen LogP contribution in [0.3, 0.4) is 0 Å². The zero-order chi connectivity index (χ0) is 15.1. The van der Waals surface area contributed by atoms with Gasteiger partial charge in [0.2, 0.25) is 0 Å². The van der Waals surface area contributed by atoms with Gasteiger partial charge < -0.3 is 19.3 Å². The molecular formula is C16H23BrO4. The van der Waals surface area contributed by atoms with Gasteiger partial charge in [-0.2, -0.15) is 0 Å². The van der Waals surface area contributed by atoms with Crippen LogP contribution in [0.15, 0.2) is 16.6 Å². The van der Waals surface area contributed by atoms with E-state index in [4.69, 9.17) is 14.2 Å². The Balaban J connectivity index is 1.91. The number of halogens is 1. The molecule has 0 radical (unpaired) electrons. The van der Waals surface area contributed by atoms with Crippen molar-refractivity contribution in [1.29, 1.82) is 0 Å². The van der Waals surface area contributed by atoms with Gasteiger partial charge in [0.15, 0.2) is 11.5 Å². The van der Waals surface area contributed by atoms with Crippen molar-refractivity contribution in [3.63, 3.8) is 0 Å². The first-order valence-corrected chi connectivity index (χ1v) is 8.34. The molecule has 1 aliphatic heterocycles. The molecule has 1 N–H and O–H groups in total. The van der Waals surface area contributed by atoms with Crippen LogP contribution < -0.4 is 9.47 Å². The van der Waals surface area contributed by atoms with Crippen molar-refractivity contribution in [2.24, 2.45) is 0 Å². The van der Waals surface area contributed by atoms with Crippen LogP contribution in [0.1, 0.15) is 38.2 Å². The molecule has 0 aromatic heterocycles. The summed E-state index contributed by atoms with van der Waals surface area (Å²) >= 11 is 3.49. The number of benzene rings is 1. The molecule has 1 aromatic carbocycles. The molecule has 21 heavy (non-hydrogen) atoms. The fourth-order valence-corrected chi connectivity index (χ4v) is 3.08. The van der Waals surface area contributed by atoms with Crippen molar-refractivity contribution in [2.75, 3.05) is 19.8 Å². The van der Waals surface area contributed by atoms with Crippen molar-refractivity contribution in [1.82, 2.24) is 0 Å². The van der Waals surface area contributed by atoms with E-state index in [0.29, 0.717) is 30.8 Å². The summed E-state index contributed by atoms with van der Waals surface area (Å²) in [6.07, 6.45) is 4.74. The first-order valence-electron chi connectivity index (χ1n) is 7.55. The average Bonchev–Trinajstić information content (AvgIpc) is 2.99. The first-order chi connectivity index (χ1) is 10.2. The van der Waals surface area contributed by atoms with E-state index >= 15 is 0 Å². The number of aliphatic hydroxyl groups excluding tert-OH is 1. The van der Waals surface area contributed by atoms with E-state index in [1.807, 2.05) is 19.1 Å². The normalized spacial score (nSPS) is 18.0. The Kier molecular flexibility index (Phi) is 6.80. The van der Waals surface area contributed by atoms with Crippen LogP contribution in [0.4, 0.5) is 0 Å². The van der Waals surface area contributed by atoms with Crippen LogP contribution >= 0.6 is 15.9 Å². The first kappa shape index (κ1) is 16.6. The predicted molar refractivity (Wildman–Crippen MR) is 84.9 cm³/mol. The summed E-state index contributed by atoms with van der Waals surface area (Å²) < 4.78 is 17.9. The summed E-state index contributed by atoms with van der Waals surface area (Å²) in [6.45, 7) is 4.01. The Hall–Kier alpha value is -0.780. The van der Waals surface area contributed by atoms with Gasteiger partial charge in [-0.25, -0.2) is 0 Å². The average molecular weight is 359 g/mol. The number of rotatable bonds is 8. The van der Waals surface area contributed by atoms with Gasteiger partial charge in [0.1, 0.15) is 0 Å². The minimum atomic E-state index is -0.0159. The molecule has 1 heterocycles. The Morgan fingerprint density at radius 1 is 1.38 bits per heavy atom. The fourth-order valence-electron chi connectivity index (χ4n) is 2.47. The molecule has 1 aromatic rings. The van der Waals surface area contributed by atoms with E-state index in [-0.39, 0.29) is 6.61 Å². The summed E-state index contributed by atoms with van der Waals surface area (Å²) in [4.78, 5) is 0. The topological polar surface area (TPSA) is 47.9 Å². The summed E-state index contributed by atoms with van der Waals surface area (Å²) in [5.41, 5.74) is 0.803. The van der Waals surface area contributed by atoms with Gasteiger partial charge in [-0.1, -0.05) is 0 Å². The molecule has 4 nitrogen and oxygen atoms in total. The molecule has 1 aliphatic rings. The number of hydrogen-bond donors (Lipinski definition) is 1. The van der Waals surface area contributed by atoms with Gasteiger partial charge in [0.25, 0.3) is 0 Å². The van der Waals surface area contributed by atoms with Gasteiger partial charge in [-0.15, -0.1) is 0 Å². The molecular weight excluding hydrogens is 336 g/mol. The Labute approximate surface area is 134 Å². The van der Waals surface area contributed by atoms with Crippen LogP contribution in [-0.4, -0.2) is 31.0 Å². The lowest BCUT2D eigenvalue weighted by molar-refractivity contribution is 0.0979. The lowest BCUT2D eigenvalue weighted by Gasteiger charge is -2.15. The minimum Gasteiger partial charge on any atom is -0.490 e. The van der Waals surface area contributed by atoms with E-state index in [1.54, 1.807) is 0 Å². The molecule has 118 valence electrons. The van der Waals surface area contributed by atoms with Gasteiger partial charge in [0, 0.05) is 6.61 Å². The van der Waals surface area contributed by atoms with E-state index in [1.165, 1.54) is 12.8 Å². The van der Waals surface area contributed by atoms with E-state index in [0.717, 1.165) is 29.5 Å². The molecule has 1 saturated heterocycles. The predicted octanol–water partition coefficient (Wildman–Crippen LogP) is 3.68. The monoisotopic (exact) mass is 358 g/mol. The number of aliphatic hydroxyl groups is 1. The van der Waals surface area contributed by atoms with E-state index in [9.17, 15) is 5.11 Å². The van der Waals surface area contributed by atoms with Crippen molar-refractivity contribution >= 4 is 15.9 Å². The third-order valence-corrected chi connectivity index (χ3v) is 4.08. The third kappa shape index (κ3) is 4.87. The molecule has 1 fully saturated rings. The molecule has 0 aliphatic carbocycles. The van der Waals surface area contributed by atoms with E-state index in [2.05, 4.69) is 15.9 Å². The standard InChI is InChI=1S/C16H23BrO4/c1-2-19-15-10-12(11-18)9-14(17)16(15)21-8-4-6-13-5-3-7-20-13/h9-10,13,18H,2-8,11H2,1H3. The summed E-state index contributed by atoms with van der Waals surface area (Å²) in [6, 6.07) is 3.68. The fraction of sp³-hybridized carbons (Fsp3) is 0.625. The Bertz CT molecular complexity index is 444. The lowest BCUT2D eigenvalue weighted by Crippen LogP contribution is -2.08. The summed E-state index contributed by atoms with van der Waals surface area (Å²) in [7, 11) is 0. The van der Waals surface area contributed by atoms with Crippen LogP contribution in [0.2, 0.25) is 0 Å². The van der Waals surface area contributed by atoms with Gasteiger partial charge in [-0.05, 0) is 66.2 Å². The largest absolute Gasteiger partial charge is 0.490 e. The SMILES string of the molecule is CCOc1cc(CO)cc(Br)c1OCCCC1CCCO1. The molecule has 1 unspecified atom stereocenters. The molecule has 0 amide bonds. The molecule has 0 saturated carbocycles. The summed E-state index contributed by atoms with van der Waals surface area (Å²) in [5, 5.41) is 9.25. The highest BCUT2D eigenvalue weighted by Gasteiger charge is 2.16. The van der Waals surface area contributed by atoms with E-state index < -0.39 is 0 Å². The second-order valence-corrected chi connectivity index (χ2v) is 5.98. The number of hydrogen-bond acceptors (Lipinski definition) is 4. The maximum absolute atomic E-state index is 9.25. The van der Waals surface area contributed by atoms with Crippen molar-refractivity contribution < 1.29 is 19.3 Å². The quantitative estimate of drug-likeness (QED) is 0.720. The zero-order valence-electron chi connectivity index (χ0n) is 12.4. The minimum absolute atomic E-state index is 0.0159. The molecule has 0 spiro atoms. The van der Waals surface area contributed by atoms with Crippen LogP contribution in [0, 0.1) is 0 Å². The second-order valence-electron chi connectivity index (χ2n) is 5.12. The molecule has 2 rings (SSSR count). The Morgan fingerprint density at radius 3 is 2.90 bits per heavy atom. The van der Waals surface area contributed by atoms with Crippen LogP contribution in [0.25, 0.3) is 0 Å². The van der Waals surface area contributed by atoms with Crippen molar-refractivity contribution in [2.45, 2.75) is 45.3 Å². The highest BCUT2D eigenvalue weighted by Crippen LogP contribution is 2.37. The van der Waals surface area contributed by atoms with Gasteiger partial charge >= 0.3 is 0 Å². The van der Waals surface area contributed by atoms with Gasteiger partial charge in [-0.3, -0.25) is 0 Å². The maximum atomic E-state index is 9.25. The van der Waals surface area contributed by atoms with Crippen molar-refractivity contribution in [3.8, 4) is 11.5 Å². The highest BCUT2D eigenvalue weighted by atomic mass is 79.9. The van der Waals surface area contributed by atoms with Crippen molar-refractivity contribution in [3.05, 3.63) is 22.2 Å². The molecule has 1 atom stereocenters. The van der Waals surface area contributed by atoms with Crippen LogP contribution in [-0.2, 0) is 11.3 Å². The summed E-state index contributed by atoms with van der Waals surface area (Å²) in [5.74, 6) is 1.38. The highest BCUT2D eigenvalue weighted by molar-refractivity contribution is 9.10. The lowest BCUT2D eigenvalue weighted by atomic mass is 10.1. The van der Waals surface area contributed by atoms with Crippen LogP contribution in [0.5, 0.6) is 11.5 Å². The number of ether oxygens (including phenoxy) is 3. The molecule has 5 heteroatoms. The Morgan fingerprint density at radius 2 is 2.24 bits per heavy atom. The third-order valence-electron chi connectivity index (χ3n) is 3.49. The molecule has 0 bridgehead atoms. The second kappa shape index (κ2) is 8.61.